The fourth-order valence-corrected chi connectivity index (χ4v) is 5.91. The fourth-order valence-electron chi connectivity index (χ4n) is 4.92. The largest absolute Gasteiger partial charge is 0.455 e. The lowest BCUT2D eigenvalue weighted by Crippen LogP contribution is -2.10. The van der Waals surface area contributed by atoms with E-state index in [4.69, 9.17) is 4.74 Å². The summed E-state index contributed by atoms with van der Waals surface area (Å²) in [6, 6.07) is 49.1. The molecule has 0 bridgehead atoms. The van der Waals surface area contributed by atoms with Gasteiger partial charge in [-0.2, -0.15) is 0 Å². The molecule has 1 aliphatic rings. The Morgan fingerprint density at radius 2 is 1.16 bits per heavy atom. The number of benzene rings is 6. The highest BCUT2D eigenvalue weighted by molar-refractivity contribution is 7.99. The third kappa shape index (κ3) is 4.04. The molecule has 1 aliphatic heterocycles. The van der Waals surface area contributed by atoms with Crippen LogP contribution in [0.1, 0.15) is 0 Å². The van der Waals surface area contributed by atoms with Gasteiger partial charge in [-0.05, 0) is 71.1 Å². The topological polar surface area (TPSA) is 12.5 Å². The van der Waals surface area contributed by atoms with Crippen molar-refractivity contribution in [2.75, 3.05) is 4.90 Å². The third-order valence-electron chi connectivity index (χ3n) is 6.71. The summed E-state index contributed by atoms with van der Waals surface area (Å²) in [5.74, 6) is 1.84. The summed E-state index contributed by atoms with van der Waals surface area (Å²) >= 11 is 1.76. The summed E-state index contributed by atoms with van der Waals surface area (Å²) in [6.07, 6.45) is 0. The van der Waals surface area contributed by atoms with Crippen LogP contribution in [-0.4, -0.2) is 0 Å². The highest BCUT2D eigenvalue weighted by Crippen LogP contribution is 2.48. The second kappa shape index (κ2) is 9.20. The van der Waals surface area contributed by atoms with Crippen molar-refractivity contribution in [1.82, 2.24) is 0 Å². The van der Waals surface area contributed by atoms with Crippen LogP contribution in [0.4, 0.5) is 17.1 Å². The lowest BCUT2D eigenvalue weighted by molar-refractivity contribution is 0.454. The minimum absolute atomic E-state index is 0.912. The maximum absolute atomic E-state index is 6.12. The molecule has 0 aromatic heterocycles. The van der Waals surface area contributed by atoms with E-state index in [1.54, 1.807) is 11.8 Å². The smallest absolute Gasteiger partial charge is 0.141 e. The minimum atomic E-state index is 0.912. The number of nitrogens with zero attached hydrogens (tertiary/aromatic N) is 1. The molecule has 6 aromatic carbocycles. The molecule has 2 nitrogen and oxygen atoms in total. The van der Waals surface area contributed by atoms with Crippen LogP contribution in [0.2, 0.25) is 0 Å². The molecular weight excluding hydrogens is 470 g/mol. The molecule has 0 aliphatic carbocycles. The first-order chi connectivity index (χ1) is 18.3. The molecule has 176 valence electrons. The van der Waals surface area contributed by atoms with Gasteiger partial charge in [-0.25, -0.2) is 0 Å². The van der Waals surface area contributed by atoms with Crippen molar-refractivity contribution in [3.05, 3.63) is 140 Å². The van der Waals surface area contributed by atoms with E-state index < -0.39 is 0 Å². The molecule has 0 atom stereocenters. The second-order valence-corrected chi connectivity index (χ2v) is 10.1. The van der Waals surface area contributed by atoms with E-state index in [0.29, 0.717) is 0 Å². The Morgan fingerprint density at radius 1 is 0.486 bits per heavy atom. The quantitative estimate of drug-likeness (QED) is 0.242. The zero-order chi connectivity index (χ0) is 24.6. The third-order valence-corrected chi connectivity index (χ3v) is 7.81. The van der Waals surface area contributed by atoms with Crippen molar-refractivity contribution in [2.45, 2.75) is 9.79 Å². The number of hydrogen-bond acceptors (Lipinski definition) is 3. The highest BCUT2D eigenvalue weighted by atomic mass is 32.2. The maximum Gasteiger partial charge on any atom is 0.141 e. The lowest BCUT2D eigenvalue weighted by Gasteiger charge is -2.27. The summed E-state index contributed by atoms with van der Waals surface area (Å²) in [5, 5.41) is 2.46. The van der Waals surface area contributed by atoms with E-state index in [1.807, 2.05) is 12.1 Å². The molecule has 0 fully saturated rings. The van der Waals surface area contributed by atoms with Crippen LogP contribution in [0, 0.1) is 0 Å². The molecule has 1 heterocycles. The summed E-state index contributed by atoms with van der Waals surface area (Å²) in [7, 11) is 0. The molecule has 3 heteroatoms. The van der Waals surface area contributed by atoms with Crippen molar-refractivity contribution in [3.63, 3.8) is 0 Å². The first-order valence-electron chi connectivity index (χ1n) is 12.4. The SMILES string of the molecule is c1ccc(N(c2ccc(-c3ccc4c(c3)Sc3ccccc3O4)cc2)c2cccc3ccccc23)cc1. The van der Waals surface area contributed by atoms with Crippen LogP contribution in [0.15, 0.2) is 149 Å². The van der Waals surface area contributed by atoms with Gasteiger partial charge in [-0.1, -0.05) is 96.7 Å². The average Bonchev–Trinajstić information content (AvgIpc) is 2.97. The minimum Gasteiger partial charge on any atom is -0.455 e. The van der Waals surface area contributed by atoms with Crippen LogP contribution < -0.4 is 9.64 Å². The van der Waals surface area contributed by atoms with Gasteiger partial charge in [0.2, 0.25) is 0 Å². The lowest BCUT2D eigenvalue weighted by atomic mass is 10.0. The van der Waals surface area contributed by atoms with Crippen molar-refractivity contribution in [3.8, 4) is 22.6 Å². The molecule has 37 heavy (non-hydrogen) atoms. The van der Waals surface area contributed by atoms with E-state index in [-0.39, 0.29) is 0 Å². The predicted octanol–water partition coefficient (Wildman–Crippen LogP) is 10.2. The number of rotatable bonds is 4. The first-order valence-corrected chi connectivity index (χ1v) is 13.2. The number of anilines is 3. The monoisotopic (exact) mass is 493 g/mol. The second-order valence-electron chi connectivity index (χ2n) is 9.03. The van der Waals surface area contributed by atoms with Crippen LogP contribution in [-0.2, 0) is 0 Å². The fraction of sp³-hybridized carbons (Fsp3) is 0. The summed E-state index contributed by atoms with van der Waals surface area (Å²) in [6.45, 7) is 0. The Morgan fingerprint density at radius 3 is 2.05 bits per heavy atom. The van der Waals surface area contributed by atoms with E-state index >= 15 is 0 Å². The maximum atomic E-state index is 6.12. The Kier molecular flexibility index (Phi) is 5.41. The number of ether oxygens (including phenoxy) is 1. The molecule has 0 spiro atoms. The zero-order valence-corrected chi connectivity index (χ0v) is 20.9. The molecule has 0 unspecified atom stereocenters. The van der Waals surface area contributed by atoms with Gasteiger partial charge in [-0.15, -0.1) is 0 Å². The van der Waals surface area contributed by atoms with Crippen molar-refractivity contribution in [1.29, 1.82) is 0 Å². The van der Waals surface area contributed by atoms with Gasteiger partial charge in [0.1, 0.15) is 11.5 Å². The van der Waals surface area contributed by atoms with E-state index in [0.717, 1.165) is 38.4 Å². The predicted molar refractivity (Wildman–Crippen MR) is 155 cm³/mol. The molecule has 0 saturated carbocycles. The summed E-state index contributed by atoms with van der Waals surface area (Å²) in [4.78, 5) is 4.62. The normalized spacial score (nSPS) is 11.9. The molecular formula is C34H23NOS. The Bertz CT molecular complexity index is 1720. The van der Waals surface area contributed by atoms with Gasteiger partial charge in [-0.3, -0.25) is 0 Å². The molecule has 0 amide bonds. The number of hydrogen-bond donors (Lipinski definition) is 0. The zero-order valence-electron chi connectivity index (χ0n) is 20.0. The Balaban J connectivity index is 1.27. The highest BCUT2D eigenvalue weighted by Gasteiger charge is 2.19. The average molecular weight is 494 g/mol. The van der Waals surface area contributed by atoms with Crippen molar-refractivity contribution < 1.29 is 4.74 Å². The molecule has 7 rings (SSSR count). The van der Waals surface area contributed by atoms with Crippen LogP contribution in [0.25, 0.3) is 21.9 Å². The number of para-hydroxylation sites is 2. The van der Waals surface area contributed by atoms with Gasteiger partial charge in [0.05, 0.1) is 15.5 Å². The Hall–Kier alpha value is -4.47. The molecule has 0 saturated heterocycles. The van der Waals surface area contributed by atoms with E-state index in [1.165, 1.54) is 21.9 Å². The van der Waals surface area contributed by atoms with Gasteiger partial charge >= 0.3 is 0 Å². The molecule has 0 radical (unpaired) electrons. The van der Waals surface area contributed by atoms with Gasteiger partial charge in [0.25, 0.3) is 0 Å². The number of fused-ring (bicyclic) bond motifs is 3. The van der Waals surface area contributed by atoms with Crippen LogP contribution in [0.5, 0.6) is 11.5 Å². The first kappa shape index (κ1) is 21.8. The standard InChI is InChI=1S/C34H23NOS/c1-2-11-27(12-3-1)35(30-14-8-10-25-9-4-5-13-29(25)30)28-20-17-24(18-21-28)26-19-22-32-34(23-26)37-33-16-7-6-15-31(33)36-32/h1-23H. The summed E-state index contributed by atoms with van der Waals surface area (Å²) < 4.78 is 6.12. The molecule has 0 N–H and O–H groups in total. The van der Waals surface area contributed by atoms with Crippen molar-refractivity contribution in [2.24, 2.45) is 0 Å². The van der Waals surface area contributed by atoms with Crippen molar-refractivity contribution >= 4 is 39.6 Å². The van der Waals surface area contributed by atoms with Gasteiger partial charge in [0.15, 0.2) is 0 Å². The Labute approximate surface area is 220 Å². The summed E-state index contributed by atoms with van der Waals surface area (Å²) in [5.41, 5.74) is 5.77. The van der Waals surface area contributed by atoms with E-state index in [9.17, 15) is 0 Å². The van der Waals surface area contributed by atoms with E-state index in [2.05, 4.69) is 132 Å². The van der Waals surface area contributed by atoms with Gasteiger partial charge in [0, 0.05) is 16.8 Å². The molecule has 6 aromatic rings. The van der Waals surface area contributed by atoms with Crippen LogP contribution in [0.3, 0.4) is 0 Å². The van der Waals surface area contributed by atoms with Gasteiger partial charge < -0.3 is 9.64 Å². The van der Waals surface area contributed by atoms with Crippen LogP contribution >= 0.6 is 11.8 Å².